The van der Waals surface area contributed by atoms with Gasteiger partial charge in [-0.15, -0.1) is 0 Å². The van der Waals surface area contributed by atoms with Crippen LogP contribution in [0, 0.1) is 30.4 Å². The Kier molecular flexibility index (Phi) is 5.28. The van der Waals surface area contributed by atoms with Crippen LogP contribution in [0.4, 0.5) is 8.78 Å². The highest BCUT2D eigenvalue weighted by atomic mass is 19.2. The number of halogens is 2. The molecule has 0 atom stereocenters. The zero-order valence-electron chi connectivity index (χ0n) is 10.6. The first kappa shape index (κ1) is 15.7. The standard InChI is InChI=1S/C16H12F2O.CH4/c1-11-3-5-12(6-4-11)7-8-13-9-10-14(19-2)16(18)15(13)17;/h3-6,9-10H,1-2H3;1H4. The summed E-state index contributed by atoms with van der Waals surface area (Å²) < 4.78 is 31.8. The molecule has 0 aromatic heterocycles. The van der Waals surface area contributed by atoms with E-state index in [2.05, 4.69) is 11.8 Å². The van der Waals surface area contributed by atoms with Gasteiger partial charge in [0.05, 0.1) is 12.7 Å². The first-order valence-electron chi connectivity index (χ1n) is 5.72. The van der Waals surface area contributed by atoms with Crippen LogP contribution in [0.2, 0.25) is 0 Å². The molecule has 0 heterocycles. The minimum absolute atomic E-state index is 0. The summed E-state index contributed by atoms with van der Waals surface area (Å²) in [5.41, 5.74) is 1.88. The molecule has 0 aliphatic rings. The fraction of sp³-hybridized carbons (Fsp3) is 0.176. The minimum atomic E-state index is -1.02. The van der Waals surface area contributed by atoms with Gasteiger partial charge >= 0.3 is 0 Å². The van der Waals surface area contributed by atoms with Crippen LogP contribution in [0.3, 0.4) is 0 Å². The SMILES string of the molecule is C.COc1ccc(C#Cc2ccc(C)cc2)c(F)c1F. The van der Waals surface area contributed by atoms with Crippen molar-refractivity contribution in [3.8, 4) is 17.6 Å². The molecule has 0 fully saturated rings. The quantitative estimate of drug-likeness (QED) is 0.704. The van der Waals surface area contributed by atoms with Crippen LogP contribution in [0.1, 0.15) is 24.1 Å². The monoisotopic (exact) mass is 274 g/mol. The summed E-state index contributed by atoms with van der Waals surface area (Å²) in [5.74, 6) is 3.29. The highest BCUT2D eigenvalue weighted by Gasteiger charge is 2.12. The van der Waals surface area contributed by atoms with Gasteiger partial charge in [0.15, 0.2) is 11.6 Å². The van der Waals surface area contributed by atoms with E-state index in [1.54, 1.807) is 0 Å². The molecule has 3 heteroatoms. The first-order valence-corrected chi connectivity index (χ1v) is 5.72. The van der Waals surface area contributed by atoms with E-state index in [9.17, 15) is 8.78 Å². The van der Waals surface area contributed by atoms with Gasteiger partial charge < -0.3 is 4.74 Å². The normalized spacial score (nSPS) is 9.20. The van der Waals surface area contributed by atoms with Gasteiger partial charge in [-0.2, -0.15) is 4.39 Å². The molecule has 0 bridgehead atoms. The topological polar surface area (TPSA) is 9.23 Å². The van der Waals surface area contributed by atoms with Crippen molar-refractivity contribution >= 4 is 0 Å². The van der Waals surface area contributed by atoms with Crippen molar-refractivity contribution in [1.82, 2.24) is 0 Å². The molecule has 2 aromatic carbocycles. The van der Waals surface area contributed by atoms with Crippen LogP contribution in [0.25, 0.3) is 0 Å². The lowest BCUT2D eigenvalue weighted by molar-refractivity contribution is 0.371. The lowest BCUT2D eigenvalue weighted by Crippen LogP contribution is -1.95. The van der Waals surface area contributed by atoms with Crippen molar-refractivity contribution < 1.29 is 13.5 Å². The molecule has 0 spiro atoms. The molecule has 20 heavy (non-hydrogen) atoms. The minimum Gasteiger partial charge on any atom is -0.494 e. The van der Waals surface area contributed by atoms with Crippen LogP contribution in [0.5, 0.6) is 5.75 Å². The Morgan fingerprint density at radius 1 is 0.900 bits per heavy atom. The van der Waals surface area contributed by atoms with Crippen LogP contribution in [-0.4, -0.2) is 7.11 Å². The maximum atomic E-state index is 13.7. The molecule has 0 aliphatic heterocycles. The summed E-state index contributed by atoms with van der Waals surface area (Å²) in [6.07, 6.45) is 0. The Labute approximate surface area is 118 Å². The molecule has 0 saturated heterocycles. The Balaban J connectivity index is 0.00000200. The van der Waals surface area contributed by atoms with Gasteiger partial charge in [-0.3, -0.25) is 0 Å². The van der Waals surface area contributed by atoms with Crippen molar-refractivity contribution in [3.63, 3.8) is 0 Å². The van der Waals surface area contributed by atoms with Crippen LogP contribution in [-0.2, 0) is 0 Å². The number of hydrogen-bond acceptors (Lipinski definition) is 1. The maximum absolute atomic E-state index is 13.7. The average Bonchev–Trinajstić information content (AvgIpc) is 2.42. The molecule has 0 aliphatic carbocycles. The van der Waals surface area contributed by atoms with E-state index in [1.807, 2.05) is 31.2 Å². The lowest BCUT2D eigenvalue weighted by Gasteiger charge is -2.03. The summed E-state index contributed by atoms with van der Waals surface area (Å²) >= 11 is 0. The second-order valence-corrected chi connectivity index (χ2v) is 4.06. The molecule has 0 N–H and O–H groups in total. The number of methoxy groups -OCH3 is 1. The predicted molar refractivity (Wildman–Crippen MR) is 76.8 cm³/mol. The fourth-order valence-electron chi connectivity index (χ4n) is 1.56. The van der Waals surface area contributed by atoms with Gasteiger partial charge in [-0.1, -0.05) is 37.0 Å². The van der Waals surface area contributed by atoms with Crippen LogP contribution in [0.15, 0.2) is 36.4 Å². The highest BCUT2D eigenvalue weighted by Crippen LogP contribution is 2.21. The van der Waals surface area contributed by atoms with E-state index in [4.69, 9.17) is 4.74 Å². The van der Waals surface area contributed by atoms with Gasteiger partial charge in [0.1, 0.15) is 0 Å². The molecule has 1 nitrogen and oxygen atoms in total. The number of aryl methyl sites for hydroxylation is 1. The van der Waals surface area contributed by atoms with E-state index >= 15 is 0 Å². The van der Waals surface area contributed by atoms with Crippen molar-refractivity contribution in [2.45, 2.75) is 14.4 Å². The van der Waals surface area contributed by atoms with Crippen molar-refractivity contribution in [2.24, 2.45) is 0 Å². The number of benzene rings is 2. The highest BCUT2D eigenvalue weighted by molar-refractivity contribution is 5.46. The zero-order valence-corrected chi connectivity index (χ0v) is 10.6. The van der Waals surface area contributed by atoms with E-state index < -0.39 is 11.6 Å². The molecule has 2 rings (SSSR count). The predicted octanol–water partition coefficient (Wildman–Crippen LogP) is 4.32. The van der Waals surface area contributed by atoms with Gasteiger partial charge in [0.25, 0.3) is 0 Å². The number of rotatable bonds is 1. The molecule has 0 unspecified atom stereocenters. The first-order chi connectivity index (χ1) is 9.11. The maximum Gasteiger partial charge on any atom is 0.201 e. The third-order valence-corrected chi connectivity index (χ3v) is 2.66. The molecule has 0 radical (unpaired) electrons. The second-order valence-electron chi connectivity index (χ2n) is 4.06. The van der Waals surface area contributed by atoms with E-state index in [0.717, 1.165) is 11.1 Å². The average molecular weight is 274 g/mol. The van der Waals surface area contributed by atoms with Gasteiger partial charge in [0.2, 0.25) is 5.82 Å². The summed E-state index contributed by atoms with van der Waals surface area (Å²) in [6, 6.07) is 10.3. The van der Waals surface area contributed by atoms with Crippen LogP contribution >= 0.6 is 0 Å². The molecular weight excluding hydrogens is 258 g/mol. The Morgan fingerprint density at radius 3 is 2.15 bits per heavy atom. The van der Waals surface area contributed by atoms with Crippen molar-refractivity contribution in [3.05, 3.63) is 64.7 Å². The molecule has 104 valence electrons. The van der Waals surface area contributed by atoms with E-state index in [-0.39, 0.29) is 18.7 Å². The zero-order chi connectivity index (χ0) is 13.8. The van der Waals surface area contributed by atoms with Crippen molar-refractivity contribution in [1.29, 1.82) is 0 Å². The Hall–Kier alpha value is -2.34. The molecule has 2 aromatic rings. The third-order valence-electron chi connectivity index (χ3n) is 2.66. The third kappa shape index (κ3) is 3.36. The Bertz CT molecular complexity index is 649. The largest absolute Gasteiger partial charge is 0.494 e. The summed E-state index contributed by atoms with van der Waals surface area (Å²) in [6.45, 7) is 1.97. The molecule has 0 saturated carbocycles. The lowest BCUT2D eigenvalue weighted by atomic mass is 10.1. The molecular formula is C17H16F2O. The smallest absolute Gasteiger partial charge is 0.201 e. The van der Waals surface area contributed by atoms with E-state index in [0.29, 0.717) is 0 Å². The summed E-state index contributed by atoms with van der Waals surface area (Å²) in [5, 5.41) is 0. The van der Waals surface area contributed by atoms with Gasteiger partial charge in [0, 0.05) is 5.56 Å². The van der Waals surface area contributed by atoms with Crippen molar-refractivity contribution in [2.75, 3.05) is 7.11 Å². The van der Waals surface area contributed by atoms with Gasteiger partial charge in [-0.05, 0) is 31.2 Å². The summed E-state index contributed by atoms with van der Waals surface area (Å²) in [7, 11) is 1.29. The number of hydrogen-bond donors (Lipinski definition) is 0. The fourth-order valence-corrected chi connectivity index (χ4v) is 1.56. The molecule has 0 amide bonds. The summed E-state index contributed by atoms with van der Waals surface area (Å²) in [4.78, 5) is 0. The van der Waals surface area contributed by atoms with Gasteiger partial charge in [-0.25, -0.2) is 4.39 Å². The number of ether oxygens (including phenoxy) is 1. The Morgan fingerprint density at radius 2 is 1.55 bits per heavy atom. The van der Waals surface area contributed by atoms with Crippen LogP contribution < -0.4 is 4.74 Å². The van der Waals surface area contributed by atoms with E-state index in [1.165, 1.54) is 19.2 Å². The second kappa shape index (κ2) is 6.72.